The van der Waals surface area contributed by atoms with E-state index in [0.717, 1.165) is 55.0 Å². The molecule has 0 bridgehead atoms. The van der Waals surface area contributed by atoms with E-state index in [-0.39, 0.29) is 6.10 Å². The van der Waals surface area contributed by atoms with Crippen molar-refractivity contribution in [2.45, 2.75) is 25.9 Å². The van der Waals surface area contributed by atoms with E-state index in [9.17, 15) is 0 Å². The summed E-state index contributed by atoms with van der Waals surface area (Å²) in [6.45, 7) is 4.70. The Labute approximate surface area is 154 Å². The van der Waals surface area contributed by atoms with Gasteiger partial charge in [-0.1, -0.05) is 0 Å². The van der Waals surface area contributed by atoms with Crippen LogP contribution < -0.4 is 20.1 Å². The fourth-order valence-corrected chi connectivity index (χ4v) is 2.79. The molecule has 7 nitrogen and oxygen atoms in total. The summed E-state index contributed by atoms with van der Waals surface area (Å²) in [7, 11) is 1.65. The summed E-state index contributed by atoms with van der Waals surface area (Å²) >= 11 is 0. The largest absolute Gasteiger partial charge is 0.497 e. The Kier molecular flexibility index (Phi) is 6.49. The van der Waals surface area contributed by atoms with Crippen LogP contribution >= 0.6 is 0 Å². The lowest BCUT2D eigenvalue weighted by Gasteiger charge is -2.13. The topological polar surface area (TPSA) is 77.5 Å². The average molecular weight is 358 g/mol. The third-order valence-corrected chi connectivity index (χ3v) is 4.11. The average Bonchev–Trinajstić information content (AvgIpc) is 3.17. The highest BCUT2D eigenvalue weighted by molar-refractivity contribution is 5.47. The molecule has 26 heavy (non-hydrogen) atoms. The van der Waals surface area contributed by atoms with Crippen molar-refractivity contribution in [1.29, 1.82) is 0 Å². The Bertz CT molecular complexity index is 688. The standard InChI is InChI=1S/C19H26N4O3/c1-14-22-18(12-19(23-14)21-13-17-4-3-10-25-17)20-9-11-26-16-7-5-15(24-2)6-8-16/h5-8,12,17H,3-4,9-11,13H2,1-2H3,(H2,20,21,22,23). The molecule has 0 spiro atoms. The molecule has 2 aromatic rings. The number of ether oxygens (including phenoxy) is 3. The van der Waals surface area contributed by atoms with Crippen LogP contribution in [-0.4, -0.2) is 49.5 Å². The third-order valence-electron chi connectivity index (χ3n) is 4.11. The molecule has 2 heterocycles. The SMILES string of the molecule is COc1ccc(OCCNc2cc(NCC3CCCO3)nc(C)n2)cc1. The summed E-state index contributed by atoms with van der Waals surface area (Å²) in [6.07, 6.45) is 2.51. The Morgan fingerprint density at radius 3 is 2.54 bits per heavy atom. The predicted octanol–water partition coefficient (Wildman–Crippen LogP) is 2.88. The van der Waals surface area contributed by atoms with Gasteiger partial charge in [-0.05, 0) is 44.0 Å². The third kappa shape index (κ3) is 5.49. The number of aryl methyl sites for hydroxylation is 1. The number of hydrogen-bond donors (Lipinski definition) is 2. The molecule has 0 radical (unpaired) electrons. The zero-order valence-electron chi connectivity index (χ0n) is 15.3. The van der Waals surface area contributed by atoms with Crippen LogP contribution in [-0.2, 0) is 4.74 Å². The van der Waals surface area contributed by atoms with Gasteiger partial charge in [0.1, 0.15) is 35.6 Å². The monoisotopic (exact) mass is 358 g/mol. The minimum Gasteiger partial charge on any atom is -0.497 e. The molecule has 0 aliphatic carbocycles. The number of aromatic nitrogens is 2. The zero-order valence-corrected chi connectivity index (χ0v) is 15.3. The summed E-state index contributed by atoms with van der Waals surface area (Å²) < 4.78 is 16.5. The predicted molar refractivity (Wildman–Crippen MR) is 101 cm³/mol. The van der Waals surface area contributed by atoms with Gasteiger partial charge < -0.3 is 24.8 Å². The van der Waals surface area contributed by atoms with Gasteiger partial charge in [-0.3, -0.25) is 0 Å². The lowest BCUT2D eigenvalue weighted by molar-refractivity contribution is 0.120. The van der Waals surface area contributed by atoms with Crippen LogP contribution in [0.25, 0.3) is 0 Å². The molecule has 0 amide bonds. The van der Waals surface area contributed by atoms with E-state index in [1.54, 1.807) is 7.11 Å². The van der Waals surface area contributed by atoms with Crippen molar-refractivity contribution < 1.29 is 14.2 Å². The molecule has 3 rings (SSSR count). The van der Waals surface area contributed by atoms with E-state index >= 15 is 0 Å². The second kappa shape index (κ2) is 9.24. The first-order chi connectivity index (χ1) is 12.7. The van der Waals surface area contributed by atoms with Crippen molar-refractivity contribution >= 4 is 11.6 Å². The molecule has 1 aliphatic rings. The van der Waals surface area contributed by atoms with E-state index < -0.39 is 0 Å². The van der Waals surface area contributed by atoms with Crippen molar-refractivity contribution in [2.24, 2.45) is 0 Å². The Hall–Kier alpha value is -2.54. The van der Waals surface area contributed by atoms with Crippen LogP contribution in [0.4, 0.5) is 11.6 Å². The summed E-state index contributed by atoms with van der Waals surface area (Å²) in [5.41, 5.74) is 0. The molecule has 7 heteroatoms. The maximum atomic E-state index is 5.71. The van der Waals surface area contributed by atoms with Crippen molar-refractivity contribution in [3.05, 3.63) is 36.2 Å². The van der Waals surface area contributed by atoms with Gasteiger partial charge in [-0.25, -0.2) is 9.97 Å². The second-order valence-electron chi connectivity index (χ2n) is 6.15. The van der Waals surface area contributed by atoms with Crippen molar-refractivity contribution in [3.63, 3.8) is 0 Å². The molecular weight excluding hydrogens is 332 g/mol. The number of nitrogens with one attached hydrogen (secondary N) is 2. The number of hydrogen-bond acceptors (Lipinski definition) is 7. The lowest BCUT2D eigenvalue weighted by atomic mass is 10.2. The summed E-state index contributed by atoms with van der Waals surface area (Å²) in [4.78, 5) is 8.84. The zero-order chi connectivity index (χ0) is 18.2. The number of methoxy groups -OCH3 is 1. The van der Waals surface area contributed by atoms with Crippen LogP contribution in [0.1, 0.15) is 18.7 Å². The van der Waals surface area contributed by atoms with Gasteiger partial charge in [-0.15, -0.1) is 0 Å². The van der Waals surface area contributed by atoms with Gasteiger partial charge in [0, 0.05) is 19.2 Å². The molecule has 1 unspecified atom stereocenters. The highest BCUT2D eigenvalue weighted by Crippen LogP contribution is 2.17. The highest BCUT2D eigenvalue weighted by atomic mass is 16.5. The maximum absolute atomic E-state index is 5.71. The van der Waals surface area contributed by atoms with Crippen LogP contribution in [0.15, 0.2) is 30.3 Å². The fraction of sp³-hybridized carbons (Fsp3) is 0.474. The van der Waals surface area contributed by atoms with Gasteiger partial charge in [0.25, 0.3) is 0 Å². The van der Waals surface area contributed by atoms with E-state index in [1.807, 2.05) is 37.3 Å². The minimum atomic E-state index is 0.277. The molecule has 140 valence electrons. The Balaban J connectivity index is 1.44. The highest BCUT2D eigenvalue weighted by Gasteiger charge is 2.15. The lowest BCUT2D eigenvalue weighted by Crippen LogP contribution is -2.19. The molecule has 1 aromatic carbocycles. The Morgan fingerprint density at radius 1 is 1.12 bits per heavy atom. The number of rotatable bonds is 9. The van der Waals surface area contributed by atoms with Crippen LogP contribution in [0.2, 0.25) is 0 Å². The summed E-state index contributed by atoms with van der Waals surface area (Å²) in [6, 6.07) is 9.45. The number of anilines is 2. The van der Waals surface area contributed by atoms with Crippen LogP contribution in [0.5, 0.6) is 11.5 Å². The summed E-state index contributed by atoms with van der Waals surface area (Å²) in [5, 5.41) is 6.61. The normalized spacial score (nSPS) is 16.3. The molecule has 2 N–H and O–H groups in total. The Morgan fingerprint density at radius 2 is 1.85 bits per heavy atom. The molecule has 1 fully saturated rings. The van der Waals surface area contributed by atoms with Gasteiger partial charge in [-0.2, -0.15) is 0 Å². The molecule has 0 saturated carbocycles. The molecule has 1 atom stereocenters. The molecular formula is C19H26N4O3. The second-order valence-corrected chi connectivity index (χ2v) is 6.15. The van der Waals surface area contributed by atoms with Gasteiger partial charge in [0.05, 0.1) is 19.8 Å². The molecule has 1 saturated heterocycles. The van der Waals surface area contributed by atoms with Crippen LogP contribution in [0, 0.1) is 6.92 Å². The van der Waals surface area contributed by atoms with E-state index in [0.29, 0.717) is 13.2 Å². The number of benzene rings is 1. The first-order valence-electron chi connectivity index (χ1n) is 8.95. The first kappa shape index (κ1) is 18.3. The van der Waals surface area contributed by atoms with Crippen molar-refractivity contribution in [2.75, 3.05) is 44.0 Å². The van der Waals surface area contributed by atoms with E-state index in [1.165, 1.54) is 0 Å². The molecule has 1 aromatic heterocycles. The van der Waals surface area contributed by atoms with Gasteiger partial charge >= 0.3 is 0 Å². The van der Waals surface area contributed by atoms with E-state index in [2.05, 4.69) is 20.6 Å². The van der Waals surface area contributed by atoms with Crippen LogP contribution in [0.3, 0.4) is 0 Å². The minimum absolute atomic E-state index is 0.277. The quantitative estimate of drug-likeness (QED) is 0.667. The van der Waals surface area contributed by atoms with Gasteiger partial charge in [0.15, 0.2) is 0 Å². The number of nitrogens with zero attached hydrogens (tertiary/aromatic N) is 2. The smallest absolute Gasteiger partial charge is 0.131 e. The van der Waals surface area contributed by atoms with Crippen molar-refractivity contribution in [1.82, 2.24) is 9.97 Å². The van der Waals surface area contributed by atoms with Crippen molar-refractivity contribution in [3.8, 4) is 11.5 Å². The van der Waals surface area contributed by atoms with Gasteiger partial charge in [0.2, 0.25) is 0 Å². The fourth-order valence-electron chi connectivity index (χ4n) is 2.79. The van der Waals surface area contributed by atoms with E-state index in [4.69, 9.17) is 14.2 Å². The first-order valence-corrected chi connectivity index (χ1v) is 8.95. The molecule has 1 aliphatic heterocycles. The maximum Gasteiger partial charge on any atom is 0.131 e. The summed E-state index contributed by atoms with van der Waals surface area (Å²) in [5.74, 6) is 3.94.